The van der Waals surface area contributed by atoms with Gasteiger partial charge in [0.15, 0.2) is 0 Å². The van der Waals surface area contributed by atoms with E-state index in [1.165, 1.54) is 5.69 Å². The molecule has 0 aromatic carbocycles. The fourth-order valence-corrected chi connectivity index (χ4v) is 0.976. The summed E-state index contributed by atoms with van der Waals surface area (Å²) in [5.41, 5.74) is 2.33. The van der Waals surface area contributed by atoms with Crippen molar-refractivity contribution in [2.75, 3.05) is 0 Å². The summed E-state index contributed by atoms with van der Waals surface area (Å²) in [7, 11) is 0. The van der Waals surface area contributed by atoms with Gasteiger partial charge < -0.3 is 4.98 Å². The van der Waals surface area contributed by atoms with Gasteiger partial charge in [0.1, 0.15) is 5.82 Å². The second kappa shape index (κ2) is 9.95. The van der Waals surface area contributed by atoms with Gasteiger partial charge in [0, 0.05) is 12.1 Å². The molecule has 0 atom stereocenters. The molecule has 1 N–H and O–H groups in total. The molecule has 5 heteroatoms. The van der Waals surface area contributed by atoms with Gasteiger partial charge >= 0.3 is 36.3 Å². The summed E-state index contributed by atoms with van der Waals surface area (Å²) >= 11 is 4.88. The fourth-order valence-electron chi connectivity index (χ4n) is 0.976. The molecule has 1 aromatic heterocycles. The number of H-pyrrole nitrogens is 1. The van der Waals surface area contributed by atoms with E-state index in [1.807, 2.05) is 25.9 Å². The molecule has 0 fully saturated rings. The van der Waals surface area contributed by atoms with E-state index in [-0.39, 0.29) is 24.0 Å². The van der Waals surface area contributed by atoms with Gasteiger partial charge in [0.2, 0.25) is 0 Å². The number of hydrogen-bond acceptors (Lipinski definition) is 1. The van der Waals surface area contributed by atoms with E-state index < -0.39 is 0 Å². The SMILES string of the molecule is CCCc1nc(C)c(C)[nH]1.I.[Ag][I]. The summed E-state index contributed by atoms with van der Waals surface area (Å²) in [5, 5.41) is 0. The van der Waals surface area contributed by atoms with Crippen molar-refractivity contribution in [2.45, 2.75) is 33.6 Å². The molecule has 0 amide bonds. The first kappa shape index (κ1) is 16.8. The van der Waals surface area contributed by atoms with Gasteiger partial charge in [-0.3, -0.25) is 0 Å². The van der Waals surface area contributed by atoms with Gasteiger partial charge in [0.05, 0.1) is 5.69 Å². The van der Waals surface area contributed by atoms with Crippen LogP contribution in [0.25, 0.3) is 0 Å². The molecule has 0 aliphatic carbocycles. The summed E-state index contributed by atoms with van der Waals surface area (Å²) in [6, 6.07) is 0. The third kappa shape index (κ3) is 6.48. The van der Waals surface area contributed by atoms with Crippen LogP contribution in [-0.2, 0) is 23.7 Å². The zero-order chi connectivity index (χ0) is 9.56. The van der Waals surface area contributed by atoms with E-state index in [4.69, 9.17) is 0 Å². The van der Waals surface area contributed by atoms with Crippen LogP contribution in [0.4, 0.5) is 0 Å². The summed E-state index contributed by atoms with van der Waals surface area (Å²) < 4.78 is 0. The molecule has 1 rings (SSSR count). The second-order valence-corrected chi connectivity index (χ2v) is 2.64. The first-order valence-corrected chi connectivity index (χ1v) is 8.28. The van der Waals surface area contributed by atoms with Crippen molar-refractivity contribution in [1.29, 1.82) is 0 Å². The maximum absolute atomic E-state index is 4.34. The van der Waals surface area contributed by atoms with Gasteiger partial charge in [-0.2, -0.15) is 0 Å². The molecular weight excluding hydrogens is 486 g/mol. The maximum atomic E-state index is 4.34. The number of aromatic nitrogens is 2. The molecule has 0 radical (unpaired) electrons. The molecule has 82 valence electrons. The first-order valence-electron chi connectivity index (χ1n) is 3.87. The number of nitrogens with one attached hydrogen (secondary N) is 1. The van der Waals surface area contributed by atoms with Crippen molar-refractivity contribution in [2.24, 2.45) is 0 Å². The predicted octanol–water partition coefficient (Wildman–Crippen LogP) is 3.48. The Labute approximate surface area is 120 Å². The summed E-state index contributed by atoms with van der Waals surface area (Å²) in [6.07, 6.45) is 2.22. The normalized spacial score (nSPS) is 8.46. The van der Waals surface area contributed by atoms with Crippen LogP contribution in [0.15, 0.2) is 0 Å². The quantitative estimate of drug-likeness (QED) is 0.489. The molecule has 0 saturated carbocycles. The summed E-state index contributed by atoms with van der Waals surface area (Å²) in [4.78, 5) is 7.58. The second-order valence-electron chi connectivity index (χ2n) is 2.64. The zero-order valence-corrected chi connectivity index (χ0v) is 13.9. The van der Waals surface area contributed by atoms with Crippen LogP contribution in [0.2, 0.25) is 0 Å². The number of imidazole rings is 1. The Morgan fingerprint density at radius 3 is 2.23 bits per heavy atom. The molecule has 0 aliphatic rings. The average molecular weight is 501 g/mol. The Morgan fingerprint density at radius 2 is 1.92 bits per heavy atom. The molecule has 0 saturated heterocycles. The minimum atomic E-state index is 0. The van der Waals surface area contributed by atoms with Gasteiger partial charge in [-0.1, -0.05) is 6.92 Å². The number of aromatic amines is 1. The molecular formula is C8H15AgI2N2. The average Bonchev–Trinajstić information content (AvgIpc) is 2.36. The van der Waals surface area contributed by atoms with Crippen molar-refractivity contribution in [3.05, 3.63) is 17.2 Å². The minimum absolute atomic E-state index is 0. The number of hydrogen-bond donors (Lipinski definition) is 1. The van der Waals surface area contributed by atoms with Crippen molar-refractivity contribution >= 4 is 43.0 Å². The number of aryl methyl sites for hydroxylation is 3. The fraction of sp³-hybridized carbons (Fsp3) is 0.625. The van der Waals surface area contributed by atoms with Crippen LogP contribution in [-0.4, -0.2) is 9.97 Å². The van der Waals surface area contributed by atoms with Crippen LogP contribution in [0.1, 0.15) is 30.6 Å². The van der Waals surface area contributed by atoms with E-state index >= 15 is 0 Å². The molecule has 13 heavy (non-hydrogen) atoms. The van der Waals surface area contributed by atoms with Crippen molar-refractivity contribution < 1.29 is 17.3 Å². The monoisotopic (exact) mass is 500 g/mol. The standard InChI is InChI=1S/C8H14N2.Ag.2HI/c1-4-5-8-9-6(2)7(3)10-8;;;/h4-5H2,1-3H3,(H,9,10);;2*1H/q;+1;;/p-1. The van der Waals surface area contributed by atoms with Crippen molar-refractivity contribution in [1.82, 2.24) is 9.97 Å². The van der Waals surface area contributed by atoms with Crippen LogP contribution in [0.3, 0.4) is 0 Å². The van der Waals surface area contributed by atoms with E-state index in [0.29, 0.717) is 0 Å². The predicted molar refractivity (Wildman–Crippen MR) is 71.5 cm³/mol. The molecule has 0 unspecified atom stereocenters. The van der Waals surface area contributed by atoms with E-state index in [1.54, 1.807) is 0 Å². The van der Waals surface area contributed by atoms with Gasteiger partial charge in [-0.15, -0.1) is 24.0 Å². The van der Waals surface area contributed by atoms with E-state index in [9.17, 15) is 0 Å². The summed E-state index contributed by atoms with van der Waals surface area (Å²) in [6.45, 7) is 6.25. The third-order valence-corrected chi connectivity index (χ3v) is 1.66. The first-order chi connectivity index (χ1) is 5.74. The van der Waals surface area contributed by atoms with Crippen molar-refractivity contribution in [3.63, 3.8) is 0 Å². The van der Waals surface area contributed by atoms with E-state index in [2.05, 4.69) is 41.1 Å². The van der Waals surface area contributed by atoms with Gasteiger partial charge in [-0.05, 0) is 20.3 Å². The Bertz CT molecular complexity index is 206. The molecule has 0 bridgehead atoms. The number of nitrogens with zero attached hydrogens (tertiary/aromatic N) is 1. The summed E-state index contributed by atoms with van der Waals surface area (Å²) in [5.74, 6) is 1.12. The molecule has 1 heterocycles. The Kier molecular flexibility index (Phi) is 12.9. The van der Waals surface area contributed by atoms with Crippen LogP contribution < -0.4 is 0 Å². The zero-order valence-electron chi connectivity index (χ0n) is 7.95. The third-order valence-electron chi connectivity index (χ3n) is 1.66. The Morgan fingerprint density at radius 1 is 1.38 bits per heavy atom. The Hall–Kier alpha value is 1.41. The van der Waals surface area contributed by atoms with Crippen LogP contribution in [0, 0.1) is 13.8 Å². The van der Waals surface area contributed by atoms with Crippen LogP contribution >= 0.6 is 43.0 Å². The van der Waals surface area contributed by atoms with E-state index in [0.717, 1.165) is 24.4 Å². The Balaban J connectivity index is 0. The van der Waals surface area contributed by atoms with Crippen molar-refractivity contribution in [3.8, 4) is 0 Å². The molecule has 0 aliphatic heterocycles. The molecule has 2 nitrogen and oxygen atoms in total. The molecule has 0 spiro atoms. The van der Waals surface area contributed by atoms with Gasteiger partial charge in [-0.25, -0.2) is 4.98 Å². The topological polar surface area (TPSA) is 28.7 Å². The number of halogens is 2. The molecule has 1 aromatic rings. The van der Waals surface area contributed by atoms with Crippen LogP contribution in [0.5, 0.6) is 0 Å². The number of rotatable bonds is 2. The van der Waals surface area contributed by atoms with Gasteiger partial charge in [0.25, 0.3) is 0 Å².